The van der Waals surface area contributed by atoms with E-state index in [1.807, 2.05) is 13.0 Å². The molecule has 24 heavy (non-hydrogen) atoms. The molecule has 1 N–H and O–H groups in total. The highest BCUT2D eigenvalue weighted by molar-refractivity contribution is 5.68. The fourth-order valence-electron chi connectivity index (χ4n) is 2.69. The largest absolute Gasteiger partial charge is 0.354 e. The zero-order valence-electron chi connectivity index (χ0n) is 13.8. The van der Waals surface area contributed by atoms with Crippen molar-refractivity contribution < 1.29 is 4.92 Å². The van der Waals surface area contributed by atoms with Gasteiger partial charge < -0.3 is 15.1 Å². The van der Waals surface area contributed by atoms with Gasteiger partial charge in [-0.25, -0.2) is 9.97 Å². The maximum absolute atomic E-state index is 11.1. The Hall–Kier alpha value is -2.74. The fraction of sp³-hybridized carbons (Fsp3) is 0.375. The summed E-state index contributed by atoms with van der Waals surface area (Å²) in [5, 5.41) is 14.2. The van der Waals surface area contributed by atoms with Gasteiger partial charge in [-0.2, -0.15) is 0 Å². The highest BCUT2D eigenvalue weighted by atomic mass is 16.6. The van der Waals surface area contributed by atoms with Gasteiger partial charge in [0.25, 0.3) is 5.69 Å². The lowest BCUT2D eigenvalue weighted by molar-refractivity contribution is -0.383. The summed E-state index contributed by atoms with van der Waals surface area (Å²) < 4.78 is 0. The number of likely N-dealkylation sites (N-methyl/N-ethyl adjacent to an activating group) is 1. The summed E-state index contributed by atoms with van der Waals surface area (Å²) in [7, 11) is 2.10. The molecule has 0 spiro atoms. The molecule has 0 bridgehead atoms. The van der Waals surface area contributed by atoms with Gasteiger partial charge in [0, 0.05) is 38.3 Å². The van der Waals surface area contributed by atoms with Gasteiger partial charge in [0.15, 0.2) is 0 Å². The van der Waals surface area contributed by atoms with Crippen LogP contribution in [0.15, 0.2) is 30.3 Å². The first-order chi connectivity index (χ1) is 11.5. The standard InChI is InChI=1S/C16H20N6O2/c1-12-17-15(19-13-5-3-4-6-14(13)22(23)24)11-16(18-12)21-9-7-20(2)8-10-21/h3-6,11H,7-10H2,1-2H3,(H,17,18,19). The molecule has 2 aromatic rings. The normalized spacial score (nSPS) is 15.3. The minimum absolute atomic E-state index is 0.0231. The van der Waals surface area contributed by atoms with Gasteiger partial charge in [0.05, 0.1) is 4.92 Å². The van der Waals surface area contributed by atoms with Crippen LogP contribution < -0.4 is 10.2 Å². The van der Waals surface area contributed by atoms with Crippen molar-refractivity contribution in [1.29, 1.82) is 0 Å². The zero-order valence-corrected chi connectivity index (χ0v) is 13.8. The van der Waals surface area contributed by atoms with E-state index in [1.54, 1.807) is 18.2 Å². The van der Waals surface area contributed by atoms with Crippen molar-refractivity contribution in [2.24, 2.45) is 0 Å². The van der Waals surface area contributed by atoms with Gasteiger partial charge in [-0.1, -0.05) is 12.1 Å². The number of nitrogens with zero attached hydrogens (tertiary/aromatic N) is 5. The van der Waals surface area contributed by atoms with Crippen LogP contribution in [0, 0.1) is 17.0 Å². The molecule has 0 saturated carbocycles. The molecule has 1 aromatic carbocycles. The second-order valence-electron chi connectivity index (χ2n) is 5.85. The molecule has 126 valence electrons. The SMILES string of the molecule is Cc1nc(Nc2ccccc2[N+](=O)[O-])cc(N2CCN(C)CC2)n1. The van der Waals surface area contributed by atoms with Gasteiger partial charge in [-0.05, 0) is 20.0 Å². The number of nitro benzene ring substituents is 1. The van der Waals surface area contributed by atoms with E-state index in [-0.39, 0.29) is 5.69 Å². The van der Waals surface area contributed by atoms with E-state index in [9.17, 15) is 10.1 Å². The Morgan fingerprint density at radius 1 is 1.17 bits per heavy atom. The van der Waals surface area contributed by atoms with Crippen LogP contribution in [0.5, 0.6) is 0 Å². The number of anilines is 3. The highest BCUT2D eigenvalue weighted by Crippen LogP contribution is 2.27. The monoisotopic (exact) mass is 328 g/mol. The fourth-order valence-corrected chi connectivity index (χ4v) is 2.69. The van der Waals surface area contributed by atoms with Crippen molar-refractivity contribution in [3.05, 3.63) is 46.3 Å². The Balaban J connectivity index is 1.86. The average molecular weight is 328 g/mol. The number of para-hydroxylation sites is 2. The summed E-state index contributed by atoms with van der Waals surface area (Å²) in [6.07, 6.45) is 0. The molecular formula is C16H20N6O2. The minimum atomic E-state index is -0.405. The van der Waals surface area contributed by atoms with Crippen molar-refractivity contribution in [2.75, 3.05) is 43.4 Å². The molecule has 1 aromatic heterocycles. The highest BCUT2D eigenvalue weighted by Gasteiger charge is 2.18. The van der Waals surface area contributed by atoms with Crippen LogP contribution in [0.25, 0.3) is 0 Å². The lowest BCUT2D eigenvalue weighted by Crippen LogP contribution is -2.44. The number of nitro groups is 1. The van der Waals surface area contributed by atoms with Crippen molar-refractivity contribution in [1.82, 2.24) is 14.9 Å². The third-order valence-electron chi connectivity index (χ3n) is 4.02. The van der Waals surface area contributed by atoms with Crippen molar-refractivity contribution in [3.63, 3.8) is 0 Å². The second-order valence-corrected chi connectivity index (χ2v) is 5.85. The van der Waals surface area contributed by atoms with Gasteiger partial charge >= 0.3 is 0 Å². The molecule has 8 nitrogen and oxygen atoms in total. The molecule has 0 aliphatic carbocycles. The van der Waals surface area contributed by atoms with Crippen molar-refractivity contribution in [3.8, 4) is 0 Å². The van der Waals surface area contributed by atoms with E-state index in [2.05, 4.69) is 32.1 Å². The molecule has 0 radical (unpaired) electrons. The van der Waals surface area contributed by atoms with Crippen LogP contribution >= 0.6 is 0 Å². The number of hydrogen-bond donors (Lipinski definition) is 1. The summed E-state index contributed by atoms with van der Waals surface area (Å²) in [5.74, 6) is 2.04. The number of piperazine rings is 1. The van der Waals surface area contributed by atoms with Gasteiger partial charge in [0.2, 0.25) is 0 Å². The second kappa shape index (κ2) is 6.79. The van der Waals surface area contributed by atoms with Crippen LogP contribution in [0.4, 0.5) is 23.0 Å². The summed E-state index contributed by atoms with van der Waals surface area (Å²) in [4.78, 5) is 24.1. The Bertz CT molecular complexity index is 743. The molecular weight excluding hydrogens is 308 g/mol. The van der Waals surface area contributed by atoms with Crippen LogP contribution in [0.1, 0.15) is 5.82 Å². The zero-order chi connectivity index (χ0) is 17.1. The molecule has 8 heteroatoms. The Labute approximate surface area is 140 Å². The first-order valence-corrected chi connectivity index (χ1v) is 7.82. The van der Waals surface area contributed by atoms with E-state index in [1.165, 1.54) is 6.07 Å². The quantitative estimate of drug-likeness (QED) is 0.680. The van der Waals surface area contributed by atoms with Crippen molar-refractivity contribution >= 4 is 23.0 Å². The van der Waals surface area contributed by atoms with Gasteiger partial charge in [0.1, 0.15) is 23.1 Å². The molecule has 1 saturated heterocycles. The maximum atomic E-state index is 11.1. The summed E-state index contributed by atoms with van der Waals surface area (Å²) >= 11 is 0. The average Bonchev–Trinajstić information content (AvgIpc) is 2.55. The van der Waals surface area contributed by atoms with Crippen LogP contribution in [-0.4, -0.2) is 53.0 Å². The third-order valence-corrected chi connectivity index (χ3v) is 4.02. The van der Waals surface area contributed by atoms with Crippen LogP contribution in [0.3, 0.4) is 0 Å². The molecule has 1 fully saturated rings. The van der Waals surface area contributed by atoms with E-state index in [4.69, 9.17) is 0 Å². The van der Waals surface area contributed by atoms with E-state index >= 15 is 0 Å². The molecule has 1 aliphatic rings. The lowest BCUT2D eigenvalue weighted by Gasteiger charge is -2.33. The number of aromatic nitrogens is 2. The Kier molecular flexibility index (Phi) is 4.57. The molecule has 3 rings (SSSR count). The van der Waals surface area contributed by atoms with Crippen molar-refractivity contribution in [2.45, 2.75) is 6.92 Å². The number of rotatable bonds is 4. The Morgan fingerprint density at radius 2 is 1.88 bits per heavy atom. The predicted molar refractivity (Wildman–Crippen MR) is 92.9 cm³/mol. The summed E-state index contributed by atoms with van der Waals surface area (Å²) in [5.41, 5.74) is 0.444. The lowest BCUT2D eigenvalue weighted by atomic mass is 10.2. The Morgan fingerprint density at radius 3 is 2.58 bits per heavy atom. The number of hydrogen-bond acceptors (Lipinski definition) is 7. The van der Waals surface area contributed by atoms with E-state index < -0.39 is 4.92 Å². The summed E-state index contributed by atoms with van der Waals surface area (Å²) in [6.45, 7) is 5.59. The first-order valence-electron chi connectivity index (χ1n) is 7.82. The number of aryl methyl sites for hydroxylation is 1. The molecule has 0 atom stereocenters. The molecule has 0 unspecified atom stereocenters. The van der Waals surface area contributed by atoms with E-state index in [0.717, 1.165) is 32.0 Å². The summed E-state index contributed by atoms with van der Waals surface area (Å²) in [6, 6.07) is 8.38. The topological polar surface area (TPSA) is 87.4 Å². The number of nitrogens with one attached hydrogen (secondary N) is 1. The van der Waals surface area contributed by atoms with Crippen LogP contribution in [-0.2, 0) is 0 Å². The minimum Gasteiger partial charge on any atom is -0.354 e. The van der Waals surface area contributed by atoms with Gasteiger partial charge in [-0.3, -0.25) is 10.1 Å². The molecule has 0 amide bonds. The van der Waals surface area contributed by atoms with Gasteiger partial charge in [-0.15, -0.1) is 0 Å². The smallest absolute Gasteiger partial charge is 0.292 e. The van der Waals surface area contributed by atoms with E-state index in [0.29, 0.717) is 17.3 Å². The first kappa shape index (κ1) is 16.1. The molecule has 1 aliphatic heterocycles. The maximum Gasteiger partial charge on any atom is 0.292 e. The van der Waals surface area contributed by atoms with Crippen LogP contribution in [0.2, 0.25) is 0 Å². The third kappa shape index (κ3) is 3.60. The number of benzene rings is 1. The predicted octanol–water partition coefficient (Wildman–Crippen LogP) is 2.19. The molecule has 2 heterocycles.